The van der Waals surface area contributed by atoms with Gasteiger partial charge in [-0.05, 0) is 54.1 Å². The van der Waals surface area contributed by atoms with Crippen molar-refractivity contribution >= 4 is 72.6 Å². The number of halogens is 2. The first-order chi connectivity index (χ1) is 19.0. The van der Waals surface area contributed by atoms with Gasteiger partial charge in [-0.3, -0.25) is 24.6 Å². The van der Waals surface area contributed by atoms with Crippen molar-refractivity contribution in [1.82, 2.24) is 4.98 Å². The van der Waals surface area contributed by atoms with Gasteiger partial charge in [0.2, 0.25) is 9.84 Å². The largest absolute Gasteiger partial charge is 0.507 e. The number of benzene rings is 3. The van der Waals surface area contributed by atoms with Crippen molar-refractivity contribution in [1.29, 1.82) is 0 Å². The summed E-state index contributed by atoms with van der Waals surface area (Å²) < 4.78 is 26.2. The minimum atomic E-state index is -4.17. The van der Waals surface area contributed by atoms with Gasteiger partial charge in [0, 0.05) is 27.7 Å². The number of Topliss-reactive ketones (excluding diaryl/α,β-unsaturated/α-hetero) is 1. The standard InChI is InChI=1S/C26H15Cl2N3O7S2/c27-16-5-1-14(2-6-16)22-21(23(32)15-3-7-17(28)8-4-15)24(33)25(34)30(22)26-29-13-20(39-26)40(37,38)19-11-9-18(10-12-19)31(35)36/h1-13,22,32H/b23-21-. The third-order valence-corrected chi connectivity index (χ3v) is 9.78. The summed E-state index contributed by atoms with van der Waals surface area (Å²) in [6.07, 6.45) is 1.04. The fraction of sp³-hybridized carbons (Fsp3) is 0.0385. The van der Waals surface area contributed by atoms with Gasteiger partial charge < -0.3 is 5.11 Å². The van der Waals surface area contributed by atoms with Crippen molar-refractivity contribution in [2.75, 3.05) is 4.90 Å². The highest BCUT2D eigenvalue weighted by Gasteiger charge is 2.48. The van der Waals surface area contributed by atoms with Crippen molar-refractivity contribution in [3.8, 4) is 0 Å². The fourth-order valence-corrected chi connectivity index (χ4v) is 6.90. The predicted octanol–water partition coefficient (Wildman–Crippen LogP) is 5.82. The first-order valence-corrected chi connectivity index (χ1v) is 14.3. The van der Waals surface area contributed by atoms with Gasteiger partial charge in [0.15, 0.2) is 5.13 Å². The molecule has 1 N–H and O–H groups in total. The Hall–Kier alpha value is -4.10. The van der Waals surface area contributed by atoms with Crippen LogP contribution in [-0.4, -0.2) is 35.1 Å². The van der Waals surface area contributed by atoms with Crippen LogP contribution >= 0.6 is 34.5 Å². The van der Waals surface area contributed by atoms with Crippen molar-refractivity contribution in [3.63, 3.8) is 0 Å². The average molecular weight is 616 g/mol. The Kier molecular flexibility index (Phi) is 7.19. The Morgan fingerprint density at radius 2 is 1.52 bits per heavy atom. The number of anilines is 1. The summed E-state index contributed by atoms with van der Waals surface area (Å²) in [4.78, 5) is 41.8. The van der Waals surface area contributed by atoms with E-state index < -0.39 is 38.3 Å². The molecule has 0 spiro atoms. The van der Waals surface area contributed by atoms with E-state index in [0.29, 0.717) is 26.9 Å². The monoisotopic (exact) mass is 615 g/mol. The van der Waals surface area contributed by atoms with Crippen molar-refractivity contribution in [3.05, 3.63) is 116 Å². The lowest BCUT2D eigenvalue weighted by atomic mass is 9.95. The number of aromatic nitrogens is 1. The van der Waals surface area contributed by atoms with E-state index in [-0.39, 0.29) is 31.1 Å². The van der Waals surface area contributed by atoms with Gasteiger partial charge in [-0.25, -0.2) is 13.4 Å². The molecule has 40 heavy (non-hydrogen) atoms. The van der Waals surface area contributed by atoms with Crippen LogP contribution in [0, 0.1) is 10.1 Å². The number of rotatable bonds is 6. The highest BCUT2D eigenvalue weighted by molar-refractivity contribution is 7.93. The summed E-state index contributed by atoms with van der Waals surface area (Å²) in [5.41, 5.74) is 0.136. The quantitative estimate of drug-likeness (QED) is 0.0938. The zero-order valence-corrected chi connectivity index (χ0v) is 23.0. The number of amides is 1. The second-order valence-corrected chi connectivity index (χ2v) is 12.5. The molecule has 1 saturated heterocycles. The number of hydrogen-bond acceptors (Lipinski definition) is 9. The van der Waals surface area contributed by atoms with Crippen molar-refractivity contribution < 1.29 is 28.0 Å². The van der Waals surface area contributed by atoms with Crippen LogP contribution in [0.25, 0.3) is 5.76 Å². The van der Waals surface area contributed by atoms with Gasteiger partial charge in [-0.1, -0.05) is 46.7 Å². The van der Waals surface area contributed by atoms with Crippen LogP contribution < -0.4 is 4.90 Å². The van der Waals surface area contributed by atoms with Crippen LogP contribution in [0.5, 0.6) is 0 Å². The van der Waals surface area contributed by atoms with Crippen molar-refractivity contribution in [2.45, 2.75) is 15.1 Å². The molecule has 1 aromatic heterocycles. The molecule has 4 aromatic rings. The highest BCUT2D eigenvalue weighted by Crippen LogP contribution is 2.44. The minimum absolute atomic E-state index is 0.113. The maximum atomic E-state index is 13.3. The van der Waals surface area contributed by atoms with Gasteiger partial charge in [0.25, 0.3) is 11.5 Å². The van der Waals surface area contributed by atoms with Gasteiger partial charge in [0.1, 0.15) is 9.97 Å². The molecular formula is C26H15Cl2N3O7S2. The van der Waals surface area contributed by atoms with Crippen LogP contribution in [0.1, 0.15) is 17.2 Å². The third kappa shape index (κ3) is 4.86. The van der Waals surface area contributed by atoms with E-state index in [1.165, 1.54) is 24.3 Å². The smallest absolute Gasteiger partial charge is 0.301 e. The number of aliphatic hydroxyl groups is 1. The topological polar surface area (TPSA) is 148 Å². The molecule has 1 amide bonds. The molecule has 202 valence electrons. The summed E-state index contributed by atoms with van der Waals surface area (Å²) in [5, 5.41) is 22.8. The number of carbonyl (C=O) groups excluding carboxylic acids is 2. The Labute approximate surface area is 240 Å². The maximum absolute atomic E-state index is 13.3. The number of nitro groups is 1. The van der Waals surface area contributed by atoms with Crippen molar-refractivity contribution in [2.24, 2.45) is 0 Å². The zero-order chi connectivity index (χ0) is 28.8. The molecule has 0 bridgehead atoms. The molecule has 1 unspecified atom stereocenters. The first kappa shape index (κ1) is 27.5. The van der Waals surface area contributed by atoms with E-state index in [1.54, 1.807) is 24.3 Å². The lowest BCUT2D eigenvalue weighted by Gasteiger charge is -2.23. The van der Waals surface area contributed by atoms with E-state index in [2.05, 4.69) is 4.98 Å². The zero-order valence-electron chi connectivity index (χ0n) is 19.9. The molecule has 14 heteroatoms. The summed E-state index contributed by atoms with van der Waals surface area (Å²) in [7, 11) is -4.17. The number of nitro benzene ring substituents is 1. The Morgan fingerprint density at radius 3 is 2.10 bits per heavy atom. The number of carbonyl (C=O) groups is 2. The summed E-state index contributed by atoms with van der Waals surface area (Å²) in [6, 6.07) is 15.4. The SMILES string of the molecule is O=C1C(=O)N(c2ncc(S(=O)(=O)c3ccc([N+](=O)[O-])cc3)s2)C(c2ccc(Cl)cc2)/C1=C(/O)c1ccc(Cl)cc1. The maximum Gasteiger partial charge on any atom is 0.301 e. The number of aliphatic hydroxyl groups excluding tert-OH is 1. The number of sulfone groups is 1. The summed E-state index contributed by atoms with van der Waals surface area (Å²) in [6.45, 7) is 0. The van der Waals surface area contributed by atoms with Gasteiger partial charge in [0.05, 0.1) is 27.6 Å². The molecular weight excluding hydrogens is 601 g/mol. The molecule has 1 fully saturated rings. The molecule has 0 radical (unpaired) electrons. The molecule has 0 aliphatic carbocycles. The van der Waals surface area contributed by atoms with Crippen LogP contribution in [0.15, 0.2) is 93.7 Å². The average Bonchev–Trinajstić information content (AvgIpc) is 3.53. The minimum Gasteiger partial charge on any atom is -0.507 e. The van der Waals surface area contributed by atoms with Gasteiger partial charge in [-0.15, -0.1) is 0 Å². The fourth-order valence-electron chi connectivity index (χ4n) is 4.10. The molecule has 1 aliphatic heterocycles. The van der Waals surface area contributed by atoms with Crippen LogP contribution in [-0.2, 0) is 19.4 Å². The van der Waals surface area contributed by atoms with E-state index in [0.717, 1.165) is 35.4 Å². The molecule has 10 nitrogen and oxygen atoms in total. The number of thiazole rings is 1. The Balaban J connectivity index is 1.62. The first-order valence-electron chi connectivity index (χ1n) is 11.3. The second-order valence-electron chi connectivity index (χ2n) is 8.44. The van der Waals surface area contributed by atoms with E-state index in [1.807, 2.05) is 0 Å². The van der Waals surface area contributed by atoms with Crippen LogP contribution in [0.3, 0.4) is 0 Å². The van der Waals surface area contributed by atoms with E-state index >= 15 is 0 Å². The third-order valence-electron chi connectivity index (χ3n) is 6.05. The molecule has 3 aromatic carbocycles. The predicted molar refractivity (Wildman–Crippen MR) is 148 cm³/mol. The number of ketones is 1. The number of non-ortho nitro benzene ring substituents is 1. The number of nitrogens with zero attached hydrogens (tertiary/aromatic N) is 3. The lowest BCUT2D eigenvalue weighted by Crippen LogP contribution is -2.29. The highest BCUT2D eigenvalue weighted by atomic mass is 35.5. The number of hydrogen-bond donors (Lipinski definition) is 1. The van der Waals surface area contributed by atoms with Crippen LogP contribution in [0.4, 0.5) is 10.8 Å². The normalized spacial score (nSPS) is 16.9. The lowest BCUT2D eigenvalue weighted by molar-refractivity contribution is -0.384. The van der Waals surface area contributed by atoms with Crippen LogP contribution in [0.2, 0.25) is 10.0 Å². The molecule has 1 aliphatic rings. The molecule has 5 rings (SSSR count). The summed E-state index contributed by atoms with van der Waals surface area (Å²) in [5.74, 6) is -2.47. The van der Waals surface area contributed by atoms with Gasteiger partial charge >= 0.3 is 5.91 Å². The molecule has 0 saturated carbocycles. The second kappa shape index (κ2) is 10.5. The Bertz CT molecular complexity index is 1800. The van der Waals surface area contributed by atoms with E-state index in [9.17, 15) is 33.2 Å². The molecule has 1 atom stereocenters. The summed E-state index contributed by atoms with van der Waals surface area (Å²) >= 11 is 12.6. The van der Waals surface area contributed by atoms with E-state index in [4.69, 9.17) is 23.2 Å². The Morgan fingerprint density at radius 1 is 0.950 bits per heavy atom. The van der Waals surface area contributed by atoms with Gasteiger partial charge in [-0.2, -0.15) is 0 Å². The molecule has 2 heterocycles.